The minimum Gasteiger partial charge on any atom is -0.493 e. The fourth-order valence-corrected chi connectivity index (χ4v) is 3.23. The van der Waals surface area contributed by atoms with Crippen LogP contribution in [-0.2, 0) is 6.54 Å². The largest absolute Gasteiger partial charge is 0.493 e. The lowest BCUT2D eigenvalue weighted by Crippen LogP contribution is -2.42. The van der Waals surface area contributed by atoms with Gasteiger partial charge in [0, 0.05) is 42.6 Å². The van der Waals surface area contributed by atoms with Crippen molar-refractivity contribution in [3.63, 3.8) is 0 Å². The normalized spacial score (nSPS) is 16.8. The van der Waals surface area contributed by atoms with Crippen molar-refractivity contribution in [2.75, 3.05) is 33.3 Å². The average molecular weight is 339 g/mol. The number of piperazine rings is 1. The van der Waals surface area contributed by atoms with Crippen molar-refractivity contribution >= 4 is 26.9 Å². The number of furan rings is 1. The molecule has 0 aliphatic carbocycles. The maximum absolute atomic E-state index is 5.74. The second-order valence-electron chi connectivity index (χ2n) is 5.18. The molecule has 0 unspecified atom stereocenters. The molecule has 3 rings (SSSR count). The molecule has 20 heavy (non-hydrogen) atoms. The predicted molar refractivity (Wildman–Crippen MR) is 83.3 cm³/mol. The van der Waals surface area contributed by atoms with Crippen LogP contribution in [0.4, 0.5) is 0 Å². The van der Waals surface area contributed by atoms with Gasteiger partial charge in [0.25, 0.3) is 0 Å². The Labute approximate surface area is 127 Å². The molecule has 4 nitrogen and oxygen atoms in total. The molecule has 0 amide bonds. The fourth-order valence-electron chi connectivity index (χ4n) is 2.70. The van der Waals surface area contributed by atoms with Gasteiger partial charge in [-0.2, -0.15) is 0 Å². The Balaban J connectivity index is 1.99. The van der Waals surface area contributed by atoms with Crippen molar-refractivity contribution in [2.24, 2.45) is 0 Å². The number of hydrogen-bond donors (Lipinski definition) is 1. The summed E-state index contributed by atoms with van der Waals surface area (Å²) < 4.78 is 12.3. The van der Waals surface area contributed by atoms with Gasteiger partial charge in [0.1, 0.15) is 5.76 Å². The summed E-state index contributed by atoms with van der Waals surface area (Å²) >= 11 is 3.73. The first-order chi connectivity index (χ1) is 9.69. The van der Waals surface area contributed by atoms with Crippen molar-refractivity contribution in [1.29, 1.82) is 0 Å². The predicted octanol–water partition coefficient (Wildman–Crippen LogP) is 2.92. The molecule has 1 saturated heterocycles. The lowest BCUT2D eigenvalue weighted by atomic mass is 10.1. The minimum absolute atomic E-state index is 0.807. The number of nitrogens with zero attached hydrogens (tertiary/aromatic N) is 1. The molecular formula is C15H19BrN2O2. The van der Waals surface area contributed by atoms with Gasteiger partial charge in [0.05, 0.1) is 7.11 Å². The Bertz CT molecular complexity index is 618. The molecule has 1 fully saturated rings. The zero-order chi connectivity index (χ0) is 14.1. The summed E-state index contributed by atoms with van der Waals surface area (Å²) in [6.45, 7) is 7.17. The van der Waals surface area contributed by atoms with Gasteiger partial charge in [-0.3, -0.25) is 4.90 Å². The Hall–Kier alpha value is -1.04. The second kappa shape index (κ2) is 5.76. The summed E-state index contributed by atoms with van der Waals surface area (Å²) in [4.78, 5) is 2.45. The highest BCUT2D eigenvalue weighted by Crippen LogP contribution is 2.37. The van der Waals surface area contributed by atoms with E-state index in [1.165, 1.54) is 5.56 Å². The lowest BCUT2D eigenvalue weighted by Gasteiger charge is -2.27. The molecule has 108 valence electrons. The number of benzene rings is 1. The van der Waals surface area contributed by atoms with Crippen LogP contribution in [-0.4, -0.2) is 38.2 Å². The molecular weight excluding hydrogens is 320 g/mol. The van der Waals surface area contributed by atoms with E-state index in [0.717, 1.165) is 59.7 Å². The molecule has 0 spiro atoms. The number of fused-ring (bicyclic) bond motifs is 1. The first-order valence-electron chi connectivity index (χ1n) is 6.87. The van der Waals surface area contributed by atoms with Gasteiger partial charge in [-0.15, -0.1) is 0 Å². The SMILES string of the molecule is COc1cc(CN2CCNCC2)c(Br)c2cc(C)oc12. The van der Waals surface area contributed by atoms with E-state index in [4.69, 9.17) is 9.15 Å². The molecule has 2 aromatic rings. The van der Waals surface area contributed by atoms with Gasteiger partial charge < -0.3 is 14.5 Å². The third-order valence-electron chi connectivity index (χ3n) is 3.73. The van der Waals surface area contributed by atoms with Crippen LogP contribution in [0.25, 0.3) is 11.0 Å². The maximum atomic E-state index is 5.74. The second-order valence-corrected chi connectivity index (χ2v) is 5.97. The van der Waals surface area contributed by atoms with Crippen LogP contribution in [0.3, 0.4) is 0 Å². The summed E-state index contributed by atoms with van der Waals surface area (Å²) in [5, 5.41) is 4.47. The quantitative estimate of drug-likeness (QED) is 0.933. The third-order valence-corrected chi connectivity index (χ3v) is 4.66. The molecule has 1 aromatic heterocycles. The van der Waals surface area contributed by atoms with Gasteiger partial charge in [-0.05, 0) is 40.5 Å². The van der Waals surface area contributed by atoms with Crippen LogP contribution in [0.1, 0.15) is 11.3 Å². The molecule has 1 aromatic carbocycles. The van der Waals surface area contributed by atoms with E-state index < -0.39 is 0 Å². The van der Waals surface area contributed by atoms with E-state index in [1.807, 2.05) is 6.92 Å². The molecule has 1 aliphatic rings. The highest BCUT2D eigenvalue weighted by Gasteiger charge is 2.17. The van der Waals surface area contributed by atoms with Crippen LogP contribution in [0, 0.1) is 6.92 Å². The number of halogens is 1. The molecule has 2 heterocycles. The zero-order valence-corrected chi connectivity index (χ0v) is 13.4. The van der Waals surface area contributed by atoms with Crippen LogP contribution < -0.4 is 10.1 Å². The topological polar surface area (TPSA) is 37.6 Å². The van der Waals surface area contributed by atoms with Gasteiger partial charge in [-0.25, -0.2) is 0 Å². The van der Waals surface area contributed by atoms with E-state index in [9.17, 15) is 0 Å². The lowest BCUT2D eigenvalue weighted by molar-refractivity contribution is 0.232. The van der Waals surface area contributed by atoms with Gasteiger partial charge >= 0.3 is 0 Å². The number of hydrogen-bond acceptors (Lipinski definition) is 4. The smallest absolute Gasteiger partial charge is 0.177 e. The fraction of sp³-hybridized carbons (Fsp3) is 0.467. The molecule has 0 saturated carbocycles. The number of methoxy groups -OCH3 is 1. The van der Waals surface area contributed by atoms with Crippen molar-refractivity contribution in [3.05, 3.63) is 27.9 Å². The summed E-state index contributed by atoms with van der Waals surface area (Å²) in [5.41, 5.74) is 2.07. The van der Waals surface area contributed by atoms with Crippen LogP contribution in [0.15, 0.2) is 21.0 Å². The highest BCUT2D eigenvalue weighted by atomic mass is 79.9. The molecule has 1 aliphatic heterocycles. The van der Waals surface area contributed by atoms with E-state index >= 15 is 0 Å². The van der Waals surface area contributed by atoms with E-state index in [0.29, 0.717) is 0 Å². The molecule has 1 N–H and O–H groups in total. The number of ether oxygens (including phenoxy) is 1. The first kappa shape index (κ1) is 13.9. The summed E-state index contributed by atoms with van der Waals surface area (Å²) in [6.07, 6.45) is 0. The zero-order valence-electron chi connectivity index (χ0n) is 11.8. The number of nitrogens with one attached hydrogen (secondary N) is 1. The van der Waals surface area contributed by atoms with E-state index in [1.54, 1.807) is 7.11 Å². The van der Waals surface area contributed by atoms with E-state index in [2.05, 4.69) is 38.3 Å². The van der Waals surface area contributed by atoms with E-state index in [-0.39, 0.29) is 0 Å². The van der Waals surface area contributed by atoms with Crippen molar-refractivity contribution in [2.45, 2.75) is 13.5 Å². The summed E-state index contributed by atoms with van der Waals surface area (Å²) in [6, 6.07) is 4.14. The molecule has 0 bridgehead atoms. The monoisotopic (exact) mass is 338 g/mol. The minimum atomic E-state index is 0.807. The average Bonchev–Trinajstić information content (AvgIpc) is 2.85. The summed E-state index contributed by atoms with van der Waals surface area (Å²) in [7, 11) is 1.69. The Morgan fingerprint density at radius 1 is 1.35 bits per heavy atom. The van der Waals surface area contributed by atoms with Crippen LogP contribution in [0.2, 0.25) is 0 Å². The summed E-state index contributed by atoms with van der Waals surface area (Å²) in [5.74, 6) is 1.71. The van der Waals surface area contributed by atoms with Crippen LogP contribution in [0.5, 0.6) is 5.75 Å². The maximum Gasteiger partial charge on any atom is 0.177 e. The molecule has 0 atom stereocenters. The Morgan fingerprint density at radius 2 is 2.10 bits per heavy atom. The van der Waals surface area contributed by atoms with Crippen molar-refractivity contribution in [1.82, 2.24) is 10.2 Å². The third kappa shape index (κ3) is 2.57. The molecule has 0 radical (unpaired) electrons. The van der Waals surface area contributed by atoms with Gasteiger partial charge in [0.15, 0.2) is 11.3 Å². The van der Waals surface area contributed by atoms with Gasteiger partial charge in [0.2, 0.25) is 0 Å². The Morgan fingerprint density at radius 3 is 2.80 bits per heavy atom. The highest BCUT2D eigenvalue weighted by molar-refractivity contribution is 9.10. The Kier molecular flexibility index (Phi) is 4.01. The number of rotatable bonds is 3. The number of aryl methyl sites for hydroxylation is 1. The van der Waals surface area contributed by atoms with Crippen LogP contribution >= 0.6 is 15.9 Å². The molecule has 5 heteroatoms. The van der Waals surface area contributed by atoms with Crippen molar-refractivity contribution in [3.8, 4) is 5.75 Å². The standard InChI is InChI=1S/C15H19BrN2O2/c1-10-7-12-14(16)11(8-13(19-2)15(12)20-10)9-18-5-3-17-4-6-18/h7-8,17H,3-6,9H2,1-2H3. The van der Waals surface area contributed by atoms with Crippen molar-refractivity contribution < 1.29 is 9.15 Å². The first-order valence-corrected chi connectivity index (χ1v) is 7.67. The van der Waals surface area contributed by atoms with Gasteiger partial charge in [-0.1, -0.05) is 0 Å².